The van der Waals surface area contributed by atoms with E-state index in [1.165, 1.54) is 0 Å². The number of unbranched alkanes of at least 4 members (excludes halogenated alkanes) is 1. The predicted octanol–water partition coefficient (Wildman–Crippen LogP) is 4.99. The lowest BCUT2D eigenvalue weighted by Crippen LogP contribution is -2.45. The highest BCUT2D eigenvalue weighted by Gasteiger charge is 2.36. The molecule has 1 aliphatic heterocycles. The summed E-state index contributed by atoms with van der Waals surface area (Å²) < 4.78 is 10.8. The molecule has 0 aromatic heterocycles. The van der Waals surface area contributed by atoms with Gasteiger partial charge < -0.3 is 19.7 Å². The number of nitrogens with zero attached hydrogens (tertiary/aromatic N) is 2. The van der Waals surface area contributed by atoms with Crippen LogP contribution in [-0.2, 0) is 21.5 Å². The zero-order chi connectivity index (χ0) is 26.8. The Bertz CT molecular complexity index is 1070. The summed E-state index contributed by atoms with van der Waals surface area (Å²) in [6.07, 6.45) is 3.98. The molecule has 3 rings (SSSR count). The van der Waals surface area contributed by atoms with Crippen LogP contribution in [0.25, 0.3) is 0 Å². The minimum atomic E-state index is -0.570. The molecule has 2 aromatic rings. The van der Waals surface area contributed by atoms with E-state index in [-0.39, 0.29) is 24.3 Å². The molecule has 0 unspecified atom stereocenters. The highest BCUT2D eigenvalue weighted by Crippen LogP contribution is 2.37. The first-order valence-corrected chi connectivity index (χ1v) is 13.1. The third-order valence-electron chi connectivity index (χ3n) is 7.53. The number of hydrogen-bond donors (Lipinski definition) is 1. The standard InChI is InChI=1S/C30H39N3O4/c1-22(2)30(21-31,23-12-6-5-7-13-23)18-9-8-17-28(34)33-19-11-14-25(33)29(35)32-20-24-26(36-3)15-10-16-27(24)37-4/h5-7,10,12-13,15-16,22,25H,8-9,11,14,17-20H2,1-4H3,(H,32,35)/t25-,30+/m1/s1. The zero-order valence-corrected chi connectivity index (χ0v) is 22.5. The second kappa shape index (κ2) is 13.1. The Labute approximate surface area is 220 Å². The normalized spacial score (nSPS) is 16.6. The minimum absolute atomic E-state index is 0.000613. The Morgan fingerprint density at radius 3 is 2.35 bits per heavy atom. The number of likely N-dealkylation sites (tertiary alicyclic amines) is 1. The number of rotatable bonds is 12. The highest BCUT2D eigenvalue weighted by atomic mass is 16.5. The molecule has 1 saturated heterocycles. The molecule has 1 N–H and O–H groups in total. The molecule has 1 aliphatic rings. The van der Waals surface area contributed by atoms with E-state index in [0.717, 1.165) is 24.0 Å². The molecule has 0 radical (unpaired) electrons. The molecule has 2 atom stereocenters. The number of nitriles is 1. The van der Waals surface area contributed by atoms with Crippen molar-refractivity contribution in [3.8, 4) is 17.6 Å². The van der Waals surface area contributed by atoms with Gasteiger partial charge in [0.1, 0.15) is 17.5 Å². The Hall–Kier alpha value is -3.53. The quantitative estimate of drug-likeness (QED) is 0.411. The fraction of sp³-hybridized carbons (Fsp3) is 0.500. The molecule has 2 amide bonds. The average Bonchev–Trinajstić information content (AvgIpc) is 3.42. The molecular formula is C30H39N3O4. The number of carbonyl (C=O) groups excluding carboxylic acids is 2. The van der Waals surface area contributed by atoms with Crippen LogP contribution >= 0.6 is 0 Å². The maximum absolute atomic E-state index is 13.1. The van der Waals surface area contributed by atoms with Crippen molar-refractivity contribution in [1.82, 2.24) is 10.2 Å². The first-order chi connectivity index (χ1) is 17.9. The summed E-state index contributed by atoms with van der Waals surface area (Å²) in [6, 6.07) is 17.5. The molecule has 1 heterocycles. The Balaban J connectivity index is 1.55. The van der Waals surface area contributed by atoms with Gasteiger partial charge in [-0.15, -0.1) is 0 Å². The molecule has 37 heavy (non-hydrogen) atoms. The van der Waals surface area contributed by atoms with E-state index in [2.05, 4.69) is 25.2 Å². The van der Waals surface area contributed by atoms with Gasteiger partial charge in [-0.05, 0) is 49.3 Å². The summed E-state index contributed by atoms with van der Waals surface area (Å²) in [6.45, 7) is 5.01. The molecule has 0 spiro atoms. The number of carbonyl (C=O) groups is 2. The number of methoxy groups -OCH3 is 2. The fourth-order valence-corrected chi connectivity index (χ4v) is 5.31. The van der Waals surface area contributed by atoms with Crippen molar-refractivity contribution < 1.29 is 19.1 Å². The smallest absolute Gasteiger partial charge is 0.243 e. The average molecular weight is 506 g/mol. The van der Waals surface area contributed by atoms with Crippen LogP contribution in [0.3, 0.4) is 0 Å². The van der Waals surface area contributed by atoms with Crippen molar-refractivity contribution >= 4 is 11.8 Å². The fourth-order valence-electron chi connectivity index (χ4n) is 5.31. The predicted molar refractivity (Wildman–Crippen MR) is 143 cm³/mol. The van der Waals surface area contributed by atoms with Gasteiger partial charge >= 0.3 is 0 Å². The molecular weight excluding hydrogens is 466 g/mol. The highest BCUT2D eigenvalue weighted by molar-refractivity contribution is 5.88. The van der Waals surface area contributed by atoms with Crippen LogP contribution in [0.2, 0.25) is 0 Å². The number of hydrogen-bond acceptors (Lipinski definition) is 5. The van der Waals surface area contributed by atoms with Gasteiger partial charge in [0, 0.05) is 13.0 Å². The summed E-state index contributed by atoms with van der Waals surface area (Å²) in [4.78, 5) is 27.8. The van der Waals surface area contributed by atoms with Crippen LogP contribution in [0.1, 0.15) is 63.5 Å². The first kappa shape index (κ1) is 28.0. The van der Waals surface area contributed by atoms with Gasteiger partial charge in [0.15, 0.2) is 0 Å². The van der Waals surface area contributed by atoms with Gasteiger partial charge in [-0.1, -0.05) is 56.7 Å². The van der Waals surface area contributed by atoms with Crippen LogP contribution < -0.4 is 14.8 Å². The lowest BCUT2D eigenvalue weighted by Gasteiger charge is -2.31. The Morgan fingerprint density at radius 2 is 1.76 bits per heavy atom. The molecule has 0 saturated carbocycles. The molecule has 0 aliphatic carbocycles. The Morgan fingerprint density at radius 1 is 1.08 bits per heavy atom. The van der Waals surface area contributed by atoms with E-state index in [9.17, 15) is 14.9 Å². The van der Waals surface area contributed by atoms with Crippen molar-refractivity contribution in [2.24, 2.45) is 5.92 Å². The second-order valence-corrected chi connectivity index (χ2v) is 9.92. The van der Waals surface area contributed by atoms with Gasteiger partial charge in [-0.2, -0.15) is 5.26 Å². The second-order valence-electron chi connectivity index (χ2n) is 9.92. The largest absolute Gasteiger partial charge is 0.496 e. The third-order valence-corrected chi connectivity index (χ3v) is 7.53. The number of ether oxygens (including phenoxy) is 2. The maximum atomic E-state index is 13.1. The maximum Gasteiger partial charge on any atom is 0.243 e. The zero-order valence-electron chi connectivity index (χ0n) is 22.5. The van der Waals surface area contributed by atoms with Crippen molar-refractivity contribution in [3.63, 3.8) is 0 Å². The van der Waals surface area contributed by atoms with Crippen molar-refractivity contribution in [2.45, 2.75) is 70.4 Å². The topological polar surface area (TPSA) is 91.7 Å². The molecule has 1 fully saturated rings. The monoisotopic (exact) mass is 505 g/mol. The van der Waals surface area contributed by atoms with Crippen LogP contribution in [-0.4, -0.2) is 43.5 Å². The van der Waals surface area contributed by atoms with Crippen molar-refractivity contribution in [3.05, 3.63) is 59.7 Å². The van der Waals surface area contributed by atoms with Gasteiger partial charge in [-0.25, -0.2) is 0 Å². The van der Waals surface area contributed by atoms with Crippen LogP contribution in [0, 0.1) is 17.2 Å². The van der Waals surface area contributed by atoms with E-state index >= 15 is 0 Å². The number of nitrogens with one attached hydrogen (secondary N) is 1. The summed E-state index contributed by atoms with van der Waals surface area (Å²) in [7, 11) is 3.16. The van der Waals surface area contributed by atoms with Crippen molar-refractivity contribution in [1.29, 1.82) is 5.26 Å². The van der Waals surface area contributed by atoms with Crippen LogP contribution in [0.4, 0.5) is 0 Å². The Kier molecular flexibility index (Phi) is 9.96. The third kappa shape index (κ3) is 6.43. The molecule has 2 aromatic carbocycles. The molecule has 0 bridgehead atoms. The minimum Gasteiger partial charge on any atom is -0.496 e. The van der Waals surface area contributed by atoms with Gasteiger partial charge in [-0.3, -0.25) is 9.59 Å². The van der Waals surface area contributed by atoms with Gasteiger partial charge in [0.05, 0.1) is 37.8 Å². The number of amides is 2. The summed E-state index contributed by atoms with van der Waals surface area (Å²) >= 11 is 0. The van der Waals surface area contributed by atoms with E-state index in [0.29, 0.717) is 43.7 Å². The summed E-state index contributed by atoms with van der Waals surface area (Å²) in [5, 5.41) is 13.1. The van der Waals surface area contributed by atoms with Crippen LogP contribution in [0.15, 0.2) is 48.5 Å². The van der Waals surface area contributed by atoms with E-state index < -0.39 is 11.5 Å². The molecule has 7 heteroatoms. The van der Waals surface area contributed by atoms with Crippen LogP contribution in [0.5, 0.6) is 11.5 Å². The van der Waals surface area contributed by atoms with Crippen molar-refractivity contribution in [2.75, 3.05) is 20.8 Å². The SMILES string of the molecule is COc1cccc(OC)c1CNC(=O)[C@H]1CCCN1C(=O)CCCC[C@@](C#N)(c1ccccc1)C(C)C. The van der Waals surface area contributed by atoms with Gasteiger partial charge in [0.2, 0.25) is 11.8 Å². The summed E-state index contributed by atoms with van der Waals surface area (Å²) in [5.41, 5.74) is 1.22. The van der Waals surface area contributed by atoms with E-state index in [1.54, 1.807) is 19.1 Å². The first-order valence-electron chi connectivity index (χ1n) is 13.1. The number of benzene rings is 2. The van der Waals surface area contributed by atoms with E-state index in [4.69, 9.17) is 9.47 Å². The molecule has 198 valence electrons. The van der Waals surface area contributed by atoms with Gasteiger partial charge in [0.25, 0.3) is 0 Å². The van der Waals surface area contributed by atoms with E-state index in [1.807, 2.05) is 48.5 Å². The lowest BCUT2D eigenvalue weighted by molar-refractivity contribution is -0.138. The molecule has 7 nitrogen and oxygen atoms in total. The lowest BCUT2D eigenvalue weighted by atomic mass is 9.69. The summed E-state index contributed by atoms with van der Waals surface area (Å²) in [5.74, 6) is 1.28.